The number of methoxy groups -OCH3 is 1. The van der Waals surface area contributed by atoms with Crippen LogP contribution < -0.4 is 10.1 Å². The molecule has 4 heteroatoms. The molecule has 0 unspecified atom stereocenters. The van der Waals surface area contributed by atoms with E-state index in [0.29, 0.717) is 12.3 Å². The zero-order valence-electron chi connectivity index (χ0n) is 12.0. The maximum atomic E-state index is 9.52. The molecule has 2 N–H and O–H groups in total. The highest BCUT2D eigenvalue weighted by Gasteiger charge is 2.08. The number of para-hydroxylation sites is 1. The summed E-state index contributed by atoms with van der Waals surface area (Å²) in [5.41, 5.74) is 2.54. The van der Waals surface area contributed by atoms with Crippen LogP contribution in [0.2, 0.25) is 0 Å². The summed E-state index contributed by atoms with van der Waals surface area (Å²) in [4.78, 5) is 0. The number of fused-ring (bicyclic) bond motifs is 1. The van der Waals surface area contributed by atoms with Crippen molar-refractivity contribution in [3.63, 3.8) is 0 Å². The number of nitrogens with one attached hydrogen (secondary N) is 1. The molecular formula is C17H17NO3. The Morgan fingerprint density at radius 3 is 2.81 bits per heavy atom. The second-order valence-corrected chi connectivity index (χ2v) is 4.95. The Kier molecular flexibility index (Phi) is 3.44. The highest BCUT2D eigenvalue weighted by Crippen LogP contribution is 2.29. The van der Waals surface area contributed by atoms with Gasteiger partial charge in [-0.05, 0) is 42.8 Å². The molecule has 0 saturated carbocycles. The van der Waals surface area contributed by atoms with E-state index >= 15 is 0 Å². The molecular weight excluding hydrogens is 266 g/mol. The molecule has 21 heavy (non-hydrogen) atoms. The molecule has 0 aliphatic rings. The highest BCUT2D eigenvalue weighted by molar-refractivity contribution is 5.83. The predicted molar refractivity (Wildman–Crippen MR) is 82.9 cm³/mol. The second kappa shape index (κ2) is 5.40. The van der Waals surface area contributed by atoms with Crippen molar-refractivity contribution in [1.82, 2.24) is 0 Å². The van der Waals surface area contributed by atoms with Gasteiger partial charge in [0.25, 0.3) is 0 Å². The van der Waals surface area contributed by atoms with E-state index in [2.05, 4.69) is 5.32 Å². The number of phenols is 1. The van der Waals surface area contributed by atoms with Crippen LogP contribution in [0, 0.1) is 6.92 Å². The molecule has 4 nitrogen and oxygen atoms in total. The average Bonchev–Trinajstić information content (AvgIpc) is 2.91. The summed E-state index contributed by atoms with van der Waals surface area (Å²) in [6.07, 6.45) is 0. The van der Waals surface area contributed by atoms with Crippen molar-refractivity contribution in [1.29, 1.82) is 0 Å². The van der Waals surface area contributed by atoms with Crippen LogP contribution >= 0.6 is 0 Å². The summed E-state index contributed by atoms with van der Waals surface area (Å²) >= 11 is 0. The highest BCUT2D eigenvalue weighted by atomic mass is 16.5. The van der Waals surface area contributed by atoms with Gasteiger partial charge in [-0.25, -0.2) is 0 Å². The van der Waals surface area contributed by atoms with E-state index in [-0.39, 0.29) is 0 Å². The van der Waals surface area contributed by atoms with Gasteiger partial charge in [-0.1, -0.05) is 12.1 Å². The summed E-state index contributed by atoms with van der Waals surface area (Å²) in [6.45, 7) is 2.44. The summed E-state index contributed by atoms with van der Waals surface area (Å²) in [7, 11) is 1.63. The molecule has 1 heterocycles. The monoisotopic (exact) mass is 283 g/mol. The lowest BCUT2D eigenvalue weighted by Crippen LogP contribution is -1.98. The summed E-state index contributed by atoms with van der Waals surface area (Å²) < 4.78 is 11.1. The number of hydrogen-bond acceptors (Lipinski definition) is 4. The Labute approximate surface area is 123 Å². The zero-order valence-corrected chi connectivity index (χ0v) is 12.0. The van der Waals surface area contributed by atoms with Gasteiger partial charge in [0.15, 0.2) is 11.3 Å². The third-order valence-electron chi connectivity index (χ3n) is 3.44. The lowest BCUT2D eigenvalue weighted by molar-refractivity contribution is 0.408. The van der Waals surface area contributed by atoms with E-state index in [1.165, 1.54) is 0 Å². The van der Waals surface area contributed by atoms with Crippen molar-refractivity contribution >= 4 is 16.7 Å². The fourth-order valence-electron chi connectivity index (χ4n) is 2.29. The van der Waals surface area contributed by atoms with Gasteiger partial charge in [-0.15, -0.1) is 0 Å². The van der Waals surface area contributed by atoms with Crippen molar-refractivity contribution < 1.29 is 14.3 Å². The standard InChI is InChI=1S/C17H17NO3/c1-11-8-13(6-7-15(11)19)18-10-14-9-12-4-3-5-16(20-2)17(12)21-14/h3-9,18-19H,10H2,1-2H3. The van der Waals surface area contributed by atoms with Crippen molar-refractivity contribution in [2.75, 3.05) is 12.4 Å². The Balaban J connectivity index is 1.80. The third-order valence-corrected chi connectivity index (χ3v) is 3.44. The third kappa shape index (κ3) is 2.65. The minimum atomic E-state index is 0.300. The molecule has 0 saturated heterocycles. The molecule has 3 rings (SSSR count). The summed E-state index contributed by atoms with van der Waals surface area (Å²) in [5, 5.41) is 13.8. The molecule has 0 amide bonds. The van der Waals surface area contributed by atoms with Crippen LogP contribution in [0.1, 0.15) is 11.3 Å². The molecule has 0 atom stereocenters. The van der Waals surface area contributed by atoms with E-state index in [4.69, 9.17) is 9.15 Å². The molecule has 108 valence electrons. The maximum Gasteiger partial charge on any atom is 0.176 e. The van der Waals surface area contributed by atoms with Crippen LogP contribution in [0.4, 0.5) is 5.69 Å². The molecule has 0 bridgehead atoms. The first kappa shape index (κ1) is 13.4. The van der Waals surface area contributed by atoms with Gasteiger partial charge in [0.2, 0.25) is 0 Å². The van der Waals surface area contributed by atoms with Gasteiger partial charge < -0.3 is 19.6 Å². The SMILES string of the molecule is COc1cccc2cc(CNc3ccc(O)c(C)c3)oc12. The molecule has 0 radical (unpaired) electrons. The van der Waals surface area contributed by atoms with Gasteiger partial charge >= 0.3 is 0 Å². The normalized spacial score (nSPS) is 10.8. The van der Waals surface area contributed by atoms with Gasteiger partial charge in [0.05, 0.1) is 13.7 Å². The number of furan rings is 1. The van der Waals surface area contributed by atoms with Crippen LogP contribution in [0.5, 0.6) is 11.5 Å². The topological polar surface area (TPSA) is 54.6 Å². The second-order valence-electron chi connectivity index (χ2n) is 4.95. The van der Waals surface area contributed by atoms with Crippen LogP contribution in [0.3, 0.4) is 0 Å². The van der Waals surface area contributed by atoms with E-state index < -0.39 is 0 Å². The number of anilines is 1. The Morgan fingerprint density at radius 1 is 1.19 bits per heavy atom. The van der Waals surface area contributed by atoms with Crippen LogP contribution in [-0.4, -0.2) is 12.2 Å². The van der Waals surface area contributed by atoms with Crippen LogP contribution in [0.15, 0.2) is 46.9 Å². The van der Waals surface area contributed by atoms with E-state index in [0.717, 1.165) is 33.7 Å². The number of aromatic hydroxyl groups is 1. The van der Waals surface area contributed by atoms with E-state index in [9.17, 15) is 5.11 Å². The molecule has 2 aromatic carbocycles. The largest absolute Gasteiger partial charge is 0.508 e. The molecule has 0 spiro atoms. The Morgan fingerprint density at radius 2 is 2.05 bits per heavy atom. The van der Waals surface area contributed by atoms with Gasteiger partial charge in [-0.3, -0.25) is 0 Å². The fraction of sp³-hybridized carbons (Fsp3) is 0.176. The van der Waals surface area contributed by atoms with Gasteiger partial charge in [0.1, 0.15) is 11.5 Å². The first-order valence-electron chi connectivity index (χ1n) is 6.76. The molecule has 0 aliphatic heterocycles. The van der Waals surface area contributed by atoms with E-state index in [1.807, 2.05) is 43.3 Å². The Bertz CT molecular complexity index is 777. The predicted octanol–water partition coefficient (Wildman–Crippen LogP) is 4.07. The number of hydrogen-bond donors (Lipinski definition) is 2. The van der Waals surface area contributed by atoms with Crippen molar-refractivity contribution in [3.8, 4) is 11.5 Å². The van der Waals surface area contributed by atoms with Gasteiger partial charge in [0, 0.05) is 11.1 Å². The number of rotatable bonds is 4. The maximum absolute atomic E-state index is 9.52. The smallest absolute Gasteiger partial charge is 0.176 e. The van der Waals surface area contributed by atoms with Crippen LogP contribution in [-0.2, 0) is 6.54 Å². The van der Waals surface area contributed by atoms with Gasteiger partial charge in [-0.2, -0.15) is 0 Å². The quantitative estimate of drug-likeness (QED) is 0.709. The lowest BCUT2D eigenvalue weighted by Gasteiger charge is -2.06. The van der Waals surface area contributed by atoms with Crippen molar-refractivity contribution in [2.45, 2.75) is 13.5 Å². The molecule has 3 aromatic rings. The lowest BCUT2D eigenvalue weighted by atomic mass is 10.2. The first-order valence-corrected chi connectivity index (χ1v) is 6.76. The summed E-state index contributed by atoms with van der Waals surface area (Å²) in [6, 6.07) is 13.2. The van der Waals surface area contributed by atoms with Crippen LogP contribution in [0.25, 0.3) is 11.0 Å². The summed E-state index contributed by atoms with van der Waals surface area (Å²) in [5.74, 6) is 1.87. The Hall–Kier alpha value is -2.62. The minimum Gasteiger partial charge on any atom is -0.508 e. The number of ether oxygens (including phenoxy) is 1. The number of benzene rings is 2. The first-order chi connectivity index (χ1) is 10.2. The molecule has 0 aliphatic carbocycles. The number of aryl methyl sites for hydroxylation is 1. The minimum absolute atomic E-state index is 0.300. The van der Waals surface area contributed by atoms with E-state index in [1.54, 1.807) is 13.2 Å². The van der Waals surface area contributed by atoms with Crippen molar-refractivity contribution in [2.24, 2.45) is 0 Å². The fourth-order valence-corrected chi connectivity index (χ4v) is 2.29. The number of phenolic OH excluding ortho intramolecular Hbond substituents is 1. The molecule has 0 fully saturated rings. The zero-order chi connectivity index (χ0) is 14.8. The molecule has 1 aromatic heterocycles. The average molecular weight is 283 g/mol. The van der Waals surface area contributed by atoms with Crippen molar-refractivity contribution in [3.05, 3.63) is 53.8 Å².